The normalized spacial score (nSPS) is 12.2. The molecule has 20 heavy (non-hydrogen) atoms. The Morgan fingerprint density at radius 2 is 1.65 bits per heavy atom. The minimum atomic E-state index is 0.526. The van der Waals surface area contributed by atoms with Gasteiger partial charge in [-0.2, -0.15) is 0 Å². The number of benzene rings is 2. The summed E-state index contributed by atoms with van der Waals surface area (Å²) in [6, 6.07) is 17.4. The molecule has 0 aromatic heterocycles. The van der Waals surface area contributed by atoms with E-state index in [1.165, 1.54) is 22.4 Å². The van der Waals surface area contributed by atoms with Gasteiger partial charge in [0.05, 0.1) is 0 Å². The molecule has 2 N–H and O–H groups in total. The topological polar surface area (TPSA) is 29.3 Å². The molecule has 1 unspecified atom stereocenters. The summed E-state index contributed by atoms with van der Waals surface area (Å²) < 4.78 is 0. The van der Waals surface area contributed by atoms with Gasteiger partial charge in [-0.05, 0) is 36.1 Å². The number of hydrogen-bond donors (Lipinski definition) is 1. The summed E-state index contributed by atoms with van der Waals surface area (Å²) >= 11 is 0. The van der Waals surface area contributed by atoms with Crippen molar-refractivity contribution in [3.63, 3.8) is 0 Å². The molecule has 0 radical (unpaired) electrons. The van der Waals surface area contributed by atoms with Crippen LogP contribution in [0.2, 0.25) is 0 Å². The SMILES string of the molecule is CC(CCN)c1ccc(-c2ccccc2N(C)C)cc1. The minimum Gasteiger partial charge on any atom is -0.377 e. The molecule has 2 heteroatoms. The molecule has 0 saturated carbocycles. The lowest BCUT2D eigenvalue weighted by Crippen LogP contribution is -2.09. The van der Waals surface area contributed by atoms with Crippen LogP contribution in [0.25, 0.3) is 11.1 Å². The van der Waals surface area contributed by atoms with Gasteiger partial charge in [0, 0.05) is 25.3 Å². The Bertz CT molecular complexity index is 544. The summed E-state index contributed by atoms with van der Waals surface area (Å²) in [4.78, 5) is 2.15. The summed E-state index contributed by atoms with van der Waals surface area (Å²) in [5.41, 5.74) is 10.8. The Labute approximate surface area is 122 Å². The molecular weight excluding hydrogens is 244 g/mol. The van der Waals surface area contributed by atoms with E-state index in [2.05, 4.69) is 74.4 Å². The maximum absolute atomic E-state index is 5.64. The van der Waals surface area contributed by atoms with E-state index < -0.39 is 0 Å². The fourth-order valence-corrected chi connectivity index (χ4v) is 2.52. The second-order valence-corrected chi connectivity index (χ2v) is 5.51. The Kier molecular flexibility index (Phi) is 4.80. The summed E-state index contributed by atoms with van der Waals surface area (Å²) in [6.07, 6.45) is 1.04. The Hall–Kier alpha value is -1.80. The monoisotopic (exact) mass is 268 g/mol. The zero-order valence-electron chi connectivity index (χ0n) is 12.6. The van der Waals surface area contributed by atoms with Gasteiger partial charge < -0.3 is 10.6 Å². The molecule has 0 spiro atoms. The van der Waals surface area contributed by atoms with E-state index in [0.717, 1.165) is 13.0 Å². The van der Waals surface area contributed by atoms with Crippen molar-refractivity contribution in [3.8, 4) is 11.1 Å². The first-order valence-corrected chi connectivity index (χ1v) is 7.20. The molecule has 0 aliphatic carbocycles. The van der Waals surface area contributed by atoms with E-state index in [1.54, 1.807) is 0 Å². The average Bonchev–Trinajstić information content (AvgIpc) is 2.47. The molecule has 2 nitrogen and oxygen atoms in total. The van der Waals surface area contributed by atoms with Gasteiger partial charge in [0.2, 0.25) is 0 Å². The predicted molar refractivity (Wildman–Crippen MR) is 88.3 cm³/mol. The van der Waals surface area contributed by atoms with Gasteiger partial charge in [0.25, 0.3) is 0 Å². The number of nitrogens with two attached hydrogens (primary N) is 1. The smallest absolute Gasteiger partial charge is 0.0440 e. The van der Waals surface area contributed by atoms with E-state index in [-0.39, 0.29) is 0 Å². The second-order valence-electron chi connectivity index (χ2n) is 5.51. The van der Waals surface area contributed by atoms with Crippen LogP contribution in [0.1, 0.15) is 24.8 Å². The number of hydrogen-bond acceptors (Lipinski definition) is 2. The first-order valence-electron chi connectivity index (χ1n) is 7.20. The van der Waals surface area contributed by atoms with Crippen molar-refractivity contribution in [2.45, 2.75) is 19.3 Å². The van der Waals surface area contributed by atoms with Gasteiger partial charge in [-0.25, -0.2) is 0 Å². The highest BCUT2D eigenvalue weighted by Crippen LogP contribution is 2.30. The van der Waals surface area contributed by atoms with Crippen LogP contribution in [0.15, 0.2) is 48.5 Å². The van der Waals surface area contributed by atoms with Crippen molar-refractivity contribution in [3.05, 3.63) is 54.1 Å². The Balaban J connectivity index is 2.31. The summed E-state index contributed by atoms with van der Waals surface area (Å²) in [5.74, 6) is 0.526. The van der Waals surface area contributed by atoms with Crippen LogP contribution < -0.4 is 10.6 Å². The van der Waals surface area contributed by atoms with Crippen molar-refractivity contribution in [2.24, 2.45) is 5.73 Å². The quantitative estimate of drug-likeness (QED) is 0.892. The standard InChI is InChI=1S/C18H24N2/c1-14(12-13-19)15-8-10-16(11-9-15)17-6-4-5-7-18(17)20(2)3/h4-11,14H,12-13,19H2,1-3H3. The number of nitrogens with zero attached hydrogens (tertiary/aromatic N) is 1. The first kappa shape index (κ1) is 14.6. The summed E-state index contributed by atoms with van der Waals surface area (Å²) in [6.45, 7) is 2.97. The molecule has 0 aliphatic rings. The molecule has 0 amide bonds. The zero-order chi connectivity index (χ0) is 14.5. The third-order valence-corrected chi connectivity index (χ3v) is 3.78. The number of para-hydroxylation sites is 1. The van der Waals surface area contributed by atoms with Crippen LogP contribution in [0.5, 0.6) is 0 Å². The average molecular weight is 268 g/mol. The van der Waals surface area contributed by atoms with Crippen molar-refractivity contribution in [1.82, 2.24) is 0 Å². The number of rotatable bonds is 5. The highest BCUT2D eigenvalue weighted by Gasteiger charge is 2.08. The highest BCUT2D eigenvalue weighted by molar-refractivity contribution is 5.78. The van der Waals surface area contributed by atoms with Crippen molar-refractivity contribution in [1.29, 1.82) is 0 Å². The molecule has 0 fully saturated rings. The zero-order valence-corrected chi connectivity index (χ0v) is 12.6. The van der Waals surface area contributed by atoms with Crippen LogP contribution >= 0.6 is 0 Å². The molecule has 1 atom stereocenters. The lowest BCUT2D eigenvalue weighted by molar-refractivity contribution is 0.690. The third kappa shape index (κ3) is 3.20. The maximum Gasteiger partial charge on any atom is 0.0440 e. The van der Waals surface area contributed by atoms with Crippen LogP contribution in [0.3, 0.4) is 0 Å². The van der Waals surface area contributed by atoms with Crippen molar-refractivity contribution >= 4 is 5.69 Å². The fraction of sp³-hybridized carbons (Fsp3) is 0.333. The minimum absolute atomic E-state index is 0.526. The molecule has 106 valence electrons. The van der Waals surface area contributed by atoms with Crippen LogP contribution in [-0.4, -0.2) is 20.6 Å². The molecule has 0 bridgehead atoms. The molecule has 2 rings (SSSR count). The largest absolute Gasteiger partial charge is 0.377 e. The molecule has 0 aliphatic heterocycles. The highest BCUT2D eigenvalue weighted by atomic mass is 15.1. The molecule has 0 saturated heterocycles. The van der Waals surface area contributed by atoms with Crippen molar-refractivity contribution < 1.29 is 0 Å². The van der Waals surface area contributed by atoms with Crippen LogP contribution in [0, 0.1) is 0 Å². The third-order valence-electron chi connectivity index (χ3n) is 3.78. The van der Waals surface area contributed by atoms with E-state index in [0.29, 0.717) is 5.92 Å². The molecular formula is C18H24N2. The first-order chi connectivity index (χ1) is 9.63. The van der Waals surface area contributed by atoms with E-state index in [4.69, 9.17) is 5.73 Å². The Morgan fingerprint density at radius 3 is 2.25 bits per heavy atom. The molecule has 0 heterocycles. The van der Waals surface area contributed by atoms with Crippen molar-refractivity contribution in [2.75, 3.05) is 25.5 Å². The second kappa shape index (κ2) is 6.58. The van der Waals surface area contributed by atoms with Crippen LogP contribution in [0.4, 0.5) is 5.69 Å². The fourth-order valence-electron chi connectivity index (χ4n) is 2.52. The van der Waals surface area contributed by atoms with E-state index >= 15 is 0 Å². The Morgan fingerprint density at radius 1 is 1.00 bits per heavy atom. The lowest BCUT2D eigenvalue weighted by atomic mass is 9.95. The van der Waals surface area contributed by atoms with E-state index in [1.807, 2.05) is 0 Å². The lowest BCUT2D eigenvalue weighted by Gasteiger charge is -2.18. The maximum atomic E-state index is 5.64. The van der Waals surface area contributed by atoms with Gasteiger partial charge >= 0.3 is 0 Å². The van der Waals surface area contributed by atoms with Crippen LogP contribution in [-0.2, 0) is 0 Å². The predicted octanol–water partition coefficient (Wildman–Crippen LogP) is 3.87. The van der Waals surface area contributed by atoms with Gasteiger partial charge in [-0.3, -0.25) is 0 Å². The summed E-state index contributed by atoms with van der Waals surface area (Å²) in [7, 11) is 4.16. The van der Waals surface area contributed by atoms with E-state index in [9.17, 15) is 0 Å². The summed E-state index contributed by atoms with van der Waals surface area (Å²) in [5, 5.41) is 0. The van der Waals surface area contributed by atoms with Gasteiger partial charge in [0.1, 0.15) is 0 Å². The van der Waals surface area contributed by atoms with Gasteiger partial charge in [-0.15, -0.1) is 0 Å². The molecule has 2 aromatic carbocycles. The van der Waals surface area contributed by atoms with Gasteiger partial charge in [0.15, 0.2) is 0 Å². The molecule has 2 aromatic rings. The number of anilines is 1. The van der Waals surface area contributed by atoms with Gasteiger partial charge in [-0.1, -0.05) is 49.4 Å².